The average molecular weight is 485 g/mol. The van der Waals surface area contributed by atoms with Gasteiger partial charge in [-0.25, -0.2) is 4.79 Å². The van der Waals surface area contributed by atoms with Crippen LogP contribution in [0, 0.1) is 0 Å². The minimum Gasteiger partial charge on any atom is -0.381 e. The number of ether oxygens (including phenoxy) is 1. The summed E-state index contributed by atoms with van der Waals surface area (Å²) in [5.41, 5.74) is 0. The van der Waals surface area contributed by atoms with Crippen molar-refractivity contribution in [3.63, 3.8) is 0 Å². The van der Waals surface area contributed by atoms with Crippen molar-refractivity contribution in [2.75, 3.05) is 13.2 Å². The number of unbranched alkanes of at least 4 members (excludes halogenated alkanes) is 12. The van der Waals surface area contributed by atoms with Crippen molar-refractivity contribution >= 4 is 29.1 Å². The summed E-state index contributed by atoms with van der Waals surface area (Å²) in [4.78, 5) is 32.3. The maximum Gasteiger partial charge on any atom is 0.349 e. The van der Waals surface area contributed by atoms with Crippen LogP contribution in [0.1, 0.15) is 130 Å². The third-order valence-electron chi connectivity index (χ3n) is 5.22. The Morgan fingerprint density at radius 2 is 1.24 bits per heavy atom. The number of hydrogen-bond acceptors (Lipinski definition) is 5. The van der Waals surface area contributed by atoms with Crippen LogP contribution in [0.4, 0.5) is 0 Å². The van der Waals surface area contributed by atoms with E-state index in [9.17, 15) is 9.59 Å². The molecule has 0 bridgehead atoms. The summed E-state index contributed by atoms with van der Waals surface area (Å²) in [7, 11) is 0. The van der Waals surface area contributed by atoms with Gasteiger partial charge >= 0.3 is 5.97 Å². The van der Waals surface area contributed by atoms with Crippen LogP contribution in [0.15, 0.2) is 12.2 Å². The summed E-state index contributed by atoms with van der Waals surface area (Å²) < 4.78 is 5.58. The molecule has 0 aliphatic rings. The molecule has 0 unspecified atom stereocenters. The lowest BCUT2D eigenvalue weighted by atomic mass is 10.1. The van der Waals surface area contributed by atoms with Crippen LogP contribution in [0.5, 0.6) is 0 Å². The highest BCUT2D eigenvalue weighted by molar-refractivity contribution is 5.95. The molecule has 0 N–H and O–H groups in total. The molecular formula is C27H53AlO5. The van der Waals surface area contributed by atoms with E-state index in [1.165, 1.54) is 83.5 Å². The molecule has 0 amide bonds. The second-order valence-electron chi connectivity index (χ2n) is 8.97. The Labute approximate surface area is 214 Å². The summed E-state index contributed by atoms with van der Waals surface area (Å²) in [6.45, 7) is 7.09. The van der Waals surface area contributed by atoms with Gasteiger partial charge in [-0.1, -0.05) is 76.9 Å². The molecule has 0 atom stereocenters. The standard InChI is InChI=1S/C27H50O5.Al.3H/c1-4-5-6-7-8-9-10-11-12-13-14-15-16-17-18-19-22-30-23-20-21-26(28)24-27(29)32-31-25(2)3;;;;/h11-12,25H,4-10,13-24H2,1-3H3;;;;/b12-11-;;;;. The van der Waals surface area contributed by atoms with E-state index >= 15 is 0 Å². The molecule has 0 saturated carbocycles. The highest BCUT2D eigenvalue weighted by atomic mass is 27.0. The van der Waals surface area contributed by atoms with Gasteiger partial charge < -0.3 is 4.74 Å². The van der Waals surface area contributed by atoms with Crippen molar-refractivity contribution in [2.45, 2.75) is 136 Å². The monoisotopic (exact) mass is 484 g/mol. The van der Waals surface area contributed by atoms with Crippen molar-refractivity contribution < 1.29 is 24.1 Å². The number of ketones is 1. The predicted octanol–water partition coefficient (Wildman–Crippen LogP) is 6.48. The largest absolute Gasteiger partial charge is 0.381 e. The van der Waals surface area contributed by atoms with E-state index < -0.39 is 5.97 Å². The van der Waals surface area contributed by atoms with Gasteiger partial charge in [0.05, 0.1) is 6.10 Å². The van der Waals surface area contributed by atoms with Crippen molar-refractivity contribution in [3.8, 4) is 0 Å². The van der Waals surface area contributed by atoms with Gasteiger partial charge in [0.25, 0.3) is 0 Å². The molecule has 33 heavy (non-hydrogen) atoms. The van der Waals surface area contributed by atoms with E-state index in [1.807, 2.05) is 0 Å². The molecular weight excluding hydrogens is 431 g/mol. The van der Waals surface area contributed by atoms with Crippen LogP contribution in [0.2, 0.25) is 0 Å². The molecule has 0 aliphatic carbocycles. The lowest BCUT2D eigenvalue weighted by Crippen LogP contribution is -2.14. The molecule has 0 fully saturated rings. The third kappa shape index (κ3) is 29.3. The Kier molecular flexibility index (Phi) is 28.8. The third-order valence-corrected chi connectivity index (χ3v) is 5.22. The molecule has 0 aromatic rings. The second kappa shape index (κ2) is 27.6. The van der Waals surface area contributed by atoms with E-state index in [2.05, 4.69) is 24.0 Å². The van der Waals surface area contributed by atoms with Crippen LogP contribution in [0.25, 0.3) is 0 Å². The van der Waals surface area contributed by atoms with Crippen molar-refractivity contribution in [1.82, 2.24) is 0 Å². The van der Waals surface area contributed by atoms with E-state index in [-0.39, 0.29) is 35.7 Å². The highest BCUT2D eigenvalue weighted by Gasteiger charge is 2.12. The van der Waals surface area contributed by atoms with Gasteiger partial charge in [-0.15, -0.1) is 0 Å². The Hall–Kier alpha value is -0.668. The maximum absolute atomic E-state index is 11.7. The molecule has 0 aromatic heterocycles. The summed E-state index contributed by atoms with van der Waals surface area (Å²) in [6.07, 6.45) is 23.5. The van der Waals surface area contributed by atoms with Crippen molar-refractivity contribution in [1.29, 1.82) is 0 Å². The summed E-state index contributed by atoms with van der Waals surface area (Å²) in [5, 5.41) is 0. The zero-order valence-corrected chi connectivity index (χ0v) is 21.2. The fourth-order valence-electron chi connectivity index (χ4n) is 3.35. The minimum atomic E-state index is -0.631. The van der Waals surface area contributed by atoms with Gasteiger partial charge in [0, 0.05) is 19.6 Å². The second-order valence-corrected chi connectivity index (χ2v) is 8.97. The first kappa shape index (κ1) is 34.5. The Balaban J connectivity index is 0. The molecule has 0 saturated heterocycles. The molecule has 0 radical (unpaired) electrons. The van der Waals surface area contributed by atoms with Crippen LogP contribution in [-0.4, -0.2) is 48.4 Å². The molecule has 0 spiro atoms. The number of Topliss-reactive ketones (excluding diaryl/α,β-unsaturated/α-hetero) is 1. The van der Waals surface area contributed by atoms with E-state index in [0.717, 1.165) is 13.0 Å². The molecule has 5 nitrogen and oxygen atoms in total. The summed E-state index contributed by atoms with van der Waals surface area (Å²) in [6, 6.07) is 0. The van der Waals surface area contributed by atoms with Gasteiger partial charge in [-0.2, -0.15) is 4.89 Å². The first-order valence-electron chi connectivity index (χ1n) is 13.2. The number of carbonyl (C=O) groups is 2. The lowest BCUT2D eigenvalue weighted by molar-refractivity contribution is -0.290. The highest BCUT2D eigenvalue weighted by Crippen LogP contribution is 2.10. The minimum absolute atomic E-state index is 0. The Morgan fingerprint density at radius 1 is 0.727 bits per heavy atom. The fraction of sp³-hybridized carbons (Fsp3) is 0.852. The molecule has 0 rings (SSSR count). The maximum atomic E-state index is 11.7. The van der Waals surface area contributed by atoms with Crippen molar-refractivity contribution in [2.24, 2.45) is 0 Å². The smallest absolute Gasteiger partial charge is 0.349 e. The summed E-state index contributed by atoms with van der Waals surface area (Å²) in [5.74, 6) is -0.767. The van der Waals surface area contributed by atoms with E-state index in [0.29, 0.717) is 19.4 Å². The number of rotatable bonds is 24. The van der Waals surface area contributed by atoms with Gasteiger partial charge in [0.1, 0.15) is 12.2 Å². The molecule has 194 valence electrons. The van der Waals surface area contributed by atoms with Gasteiger partial charge in [-0.05, 0) is 52.4 Å². The SMILES string of the molecule is CCCCCCCC/C=C\CCCCCCCCOCCCC(=O)CC(=O)OOC(C)C.[AlH3]. The number of carbonyl (C=O) groups excluding carboxylic acids is 2. The average Bonchev–Trinajstić information content (AvgIpc) is 2.76. The first-order valence-corrected chi connectivity index (χ1v) is 13.2. The van der Waals surface area contributed by atoms with Gasteiger partial charge in [0.15, 0.2) is 17.4 Å². The molecule has 0 aromatic carbocycles. The van der Waals surface area contributed by atoms with Crippen molar-refractivity contribution in [3.05, 3.63) is 12.2 Å². The van der Waals surface area contributed by atoms with E-state index in [1.54, 1.807) is 13.8 Å². The fourth-order valence-corrected chi connectivity index (χ4v) is 3.35. The quantitative estimate of drug-likeness (QED) is 0.0392. The molecule has 0 aliphatic heterocycles. The van der Waals surface area contributed by atoms with Gasteiger partial charge in [-0.3, -0.25) is 9.68 Å². The summed E-state index contributed by atoms with van der Waals surface area (Å²) >= 11 is 0. The van der Waals surface area contributed by atoms with Crippen LogP contribution in [-0.2, 0) is 24.1 Å². The van der Waals surface area contributed by atoms with Gasteiger partial charge in [0.2, 0.25) is 0 Å². The Morgan fingerprint density at radius 3 is 1.82 bits per heavy atom. The topological polar surface area (TPSA) is 61.8 Å². The normalized spacial score (nSPS) is 11.2. The number of allylic oxidation sites excluding steroid dienone is 2. The first-order chi connectivity index (χ1) is 15.6. The number of hydrogen-bond donors (Lipinski definition) is 0. The zero-order valence-electron chi connectivity index (χ0n) is 21.2. The molecule has 0 heterocycles. The van der Waals surface area contributed by atoms with Crippen LogP contribution < -0.4 is 0 Å². The van der Waals surface area contributed by atoms with Crippen LogP contribution >= 0.6 is 0 Å². The predicted molar refractivity (Wildman–Crippen MR) is 141 cm³/mol. The lowest BCUT2D eigenvalue weighted by Gasteiger charge is -2.06. The van der Waals surface area contributed by atoms with Crippen LogP contribution in [0.3, 0.4) is 0 Å². The Bertz CT molecular complexity index is 465. The van der Waals surface area contributed by atoms with E-state index in [4.69, 9.17) is 9.62 Å². The zero-order chi connectivity index (χ0) is 23.7. The molecule has 6 heteroatoms.